The zero-order valence-corrected chi connectivity index (χ0v) is 17.6. The van der Waals surface area contributed by atoms with Crippen molar-refractivity contribution in [1.82, 2.24) is 5.32 Å². The second-order valence-corrected chi connectivity index (χ2v) is 6.96. The average molecular weight is 430 g/mol. The number of carbonyl (C=O) groups is 3. The second-order valence-electron chi connectivity index (χ2n) is 6.96. The predicted molar refractivity (Wildman–Crippen MR) is 122 cm³/mol. The minimum Gasteiger partial charge on any atom is -0.495 e. The number of rotatable bonds is 7. The highest BCUT2D eigenvalue weighted by Gasteiger charge is 2.18. The highest BCUT2D eigenvalue weighted by atomic mass is 16.5. The van der Waals surface area contributed by atoms with Gasteiger partial charge >= 0.3 is 5.97 Å². The van der Waals surface area contributed by atoms with Gasteiger partial charge in [0.1, 0.15) is 11.4 Å². The smallest absolute Gasteiger partial charge is 0.335 e. The van der Waals surface area contributed by atoms with Gasteiger partial charge in [-0.15, -0.1) is 0 Å². The quantitative estimate of drug-likeness (QED) is 0.489. The fourth-order valence-electron chi connectivity index (χ4n) is 2.90. The molecule has 0 heterocycles. The van der Waals surface area contributed by atoms with Crippen LogP contribution in [0.5, 0.6) is 5.75 Å². The molecule has 7 nitrogen and oxygen atoms in total. The Morgan fingerprint density at radius 2 is 1.59 bits per heavy atom. The van der Waals surface area contributed by atoms with Crippen LogP contribution in [-0.2, 0) is 4.79 Å². The van der Waals surface area contributed by atoms with Gasteiger partial charge in [0.25, 0.3) is 11.8 Å². The molecule has 0 aromatic heterocycles. The Balaban J connectivity index is 1.94. The van der Waals surface area contributed by atoms with Gasteiger partial charge < -0.3 is 20.5 Å². The molecule has 0 radical (unpaired) electrons. The Morgan fingerprint density at radius 1 is 0.906 bits per heavy atom. The van der Waals surface area contributed by atoms with Gasteiger partial charge in [-0.05, 0) is 48.9 Å². The Kier molecular flexibility index (Phi) is 7.02. The van der Waals surface area contributed by atoms with Gasteiger partial charge in [0.15, 0.2) is 0 Å². The molecule has 3 N–H and O–H groups in total. The molecule has 0 spiro atoms. The van der Waals surface area contributed by atoms with Crippen molar-refractivity contribution in [2.45, 2.75) is 6.92 Å². The lowest BCUT2D eigenvalue weighted by Gasteiger charge is -2.14. The summed E-state index contributed by atoms with van der Waals surface area (Å²) in [5.74, 6) is -1.94. The van der Waals surface area contributed by atoms with E-state index in [1.807, 2.05) is 31.2 Å². The van der Waals surface area contributed by atoms with Crippen molar-refractivity contribution in [3.63, 3.8) is 0 Å². The number of benzene rings is 3. The van der Waals surface area contributed by atoms with Gasteiger partial charge in [-0.3, -0.25) is 9.59 Å². The second kappa shape index (κ2) is 10.1. The standard InChI is InChI=1S/C25H22N2O5/c1-16-8-10-17(11-9-16)14-21(27-23(28)18-6-4-3-5-7-18)24(29)26-20-15-19(25(30)31)12-13-22(20)32-2/h3-15H,1-2H3,(H,26,29)(H,27,28)(H,30,31). The first kappa shape index (κ1) is 22.3. The Bertz CT molecular complexity index is 1170. The Hall–Kier alpha value is -4.39. The normalized spacial score (nSPS) is 10.9. The van der Waals surface area contributed by atoms with E-state index in [4.69, 9.17) is 4.74 Å². The maximum atomic E-state index is 13.1. The highest BCUT2D eigenvalue weighted by molar-refractivity contribution is 6.11. The highest BCUT2D eigenvalue weighted by Crippen LogP contribution is 2.26. The minimum absolute atomic E-state index is 0.00881. The zero-order valence-electron chi connectivity index (χ0n) is 17.6. The number of nitrogens with one attached hydrogen (secondary N) is 2. The fourth-order valence-corrected chi connectivity index (χ4v) is 2.90. The van der Waals surface area contributed by atoms with E-state index in [1.165, 1.54) is 25.3 Å². The van der Waals surface area contributed by atoms with Gasteiger partial charge in [0.05, 0.1) is 18.4 Å². The van der Waals surface area contributed by atoms with E-state index < -0.39 is 17.8 Å². The molecule has 0 saturated heterocycles. The summed E-state index contributed by atoms with van der Waals surface area (Å²) in [6, 6.07) is 20.0. The van der Waals surface area contributed by atoms with Crippen LogP contribution in [-0.4, -0.2) is 30.0 Å². The topological polar surface area (TPSA) is 105 Å². The Morgan fingerprint density at radius 3 is 2.22 bits per heavy atom. The molecule has 3 aromatic carbocycles. The molecule has 0 aliphatic heterocycles. The fraction of sp³-hybridized carbons (Fsp3) is 0.0800. The molecule has 0 aliphatic rings. The van der Waals surface area contributed by atoms with Crippen LogP contribution < -0.4 is 15.4 Å². The molecule has 0 atom stereocenters. The number of carbonyl (C=O) groups excluding carboxylic acids is 2. The van der Waals surface area contributed by atoms with Crippen LogP contribution in [0.25, 0.3) is 6.08 Å². The molecule has 2 amide bonds. The van der Waals surface area contributed by atoms with Crippen molar-refractivity contribution in [3.8, 4) is 5.75 Å². The van der Waals surface area contributed by atoms with E-state index in [-0.39, 0.29) is 22.7 Å². The first-order valence-corrected chi connectivity index (χ1v) is 9.75. The molecule has 0 fully saturated rings. The summed E-state index contributed by atoms with van der Waals surface area (Å²) in [6.45, 7) is 1.94. The molecular formula is C25H22N2O5. The van der Waals surface area contributed by atoms with Crippen LogP contribution >= 0.6 is 0 Å². The third-order valence-electron chi connectivity index (χ3n) is 4.61. The molecule has 0 bridgehead atoms. The first-order chi connectivity index (χ1) is 15.4. The van der Waals surface area contributed by atoms with Crippen molar-refractivity contribution in [3.05, 3.63) is 101 Å². The SMILES string of the molecule is COc1ccc(C(=O)O)cc1NC(=O)C(=Cc1ccc(C)cc1)NC(=O)c1ccccc1. The summed E-state index contributed by atoms with van der Waals surface area (Å²) in [4.78, 5) is 37.1. The number of methoxy groups -OCH3 is 1. The van der Waals surface area contributed by atoms with Crippen molar-refractivity contribution in [2.75, 3.05) is 12.4 Å². The largest absolute Gasteiger partial charge is 0.495 e. The first-order valence-electron chi connectivity index (χ1n) is 9.75. The lowest BCUT2D eigenvalue weighted by Crippen LogP contribution is -2.30. The third-order valence-corrected chi connectivity index (χ3v) is 4.61. The number of hydrogen-bond donors (Lipinski definition) is 3. The van der Waals surface area contributed by atoms with E-state index >= 15 is 0 Å². The molecule has 7 heteroatoms. The monoisotopic (exact) mass is 430 g/mol. The van der Waals surface area contributed by atoms with E-state index in [9.17, 15) is 19.5 Å². The van der Waals surface area contributed by atoms with Crippen LogP contribution in [0.3, 0.4) is 0 Å². The van der Waals surface area contributed by atoms with Gasteiger partial charge in [0, 0.05) is 5.56 Å². The summed E-state index contributed by atoms with van der Waals surface area (Å²) in [6.07, 6.45) is 1.54. The average Bonchev–Trinajstić information content (AvgIpc) is 2.80. The third kappa shape index (κ3) is 5.60. The van der Waals surface area contributed by atoms with Crippen molar-refractivity contribution in [2.24, 2.45) is 0 Å². The van der Waals surface area contributed by atoms with E-state index in [1.54, 1.807) is 36.4 Å². The van der Waals surface area contributed by atoms with E-state index in [2.05, 4.69) is 10.6 Å². The van der Waals surface area contributed by atoms with E-state index in [0.717, 1.165) is 5.56 Å². The number of carboxylic acids is 1. The van der Waals surface area contributed by atoms with Crippen LogP contribution in [0.1, 0.15) is 31.8 Å². The van der Waals surface area contributed by atoms with Crippen LogP contribution in [0.2, 0.25) is 0 Å². The van der Waals surface area contributed by atoms with Crippen LogP contribution in [0.15, 0.2) is 78.5 Å². The summed E-state index contributed by atoms with van der Waals surface area (Å²) in [5, 5.41) is 14.5. The number of aryl methyl sites for hydroxylation is 1. The van der Waals surface area contributed by atoms with Gasteiger partial charge in [-0.25, -0.2) is 4.79 Å². The number of hydrogen-bond acceptors (Lipinski definition) is 4. The van der Waals surface area contributed by atoms with Gasteiger partial charge in [0.2, 0.25) is 0 Å². The number of ether oxygens (including phenoxy) is 1. The number of amides is 2. The molecule has 3 aromatic rings. The van der Waals surface area contributed by atoms with Gasteiger partial charge in [-0.2, -0.15) is 0 Å². The van der Waals surface area contributed by atoms with Crippen molar-refractivity contribution < 1.29 is 24.2 Å². The summed E-state index contributed by atoms with van der Waals surface area (Å²) < 4.78 is 5.23. The summed E-state index contributed by atoms with van der Waals surface area (Å²) in [5.41, 5.74) is 2.29. The zero-order chi connectivity index (χ0) is 23.1. The lowest BCUT2D eigenvalue weighted by molar-refractivity contribution is -0.113. The van der Waals surface area contributed by atoms with Crippen LogP contribution in [0, 0.1) is 6.92 Å². The van der Waals surface area contributed by atoms with Crippen molar-refractivity contribution in [1.29, 1.82) is 0 Å². The lowest BCUT2D eigenvalue weighted by atomic mass is 10.1. The van der Waals surface area contributed by atoms with Gasteiger partial charge in [-0.1, -0.05) is 48.0 Å². The number of anilines is 1. The van der Waals surface area contributed by atoms with Crippen LogP contribution in [0.4, 0.5) is 5.69 Å². The molecule has 3 rings (SSSR count). The molecule has 0 saturated carbocycles. The maximum Gasteiger partial charge on any atom is 0.335 e. The number of aromatic carboxylic acids is 1. The Labute approximate surface area is 185 Å². The summed E-state index contributed by atoms with van der Waals surface area (Å²) in [7, 11) is 1.41. The van der Waals surface area contributed by atoms with Crippen molar-refractivity contribution >= 4 is 29.5 Å². The number of carboxylic acid groups (broad SMARTS) is 1. The molecule has 32 heavy (non-hydrogen) atoms. The minimum atomic E-state index is -1.14. The molecule has 0 unspecified atom stereocenters. The maximum absolute atomic E-state index is 13.1. The summed E-state index contributed by atoms with van der Waals surface area (Å²) >= 11 is 0. The molecular weight excluding hydrogens is 408 g/mol. The predicted octanol–water partition coefficient (Wildman–Crippen LogP) is 4.11. The molecule has 162 valence electrons. The molecule has 0 aliphatic carbocycles. The van der Waals surface area contributed by atoms with E-state index in [0.29, 0.717) is 11.1 Å².